The Morgan fingerprint density at radius 3 is 1.88 bits per heavy atom. The third kappa shape index (κ3) is 5.57. The first-order valence-electron chi connectivity index (χ1n) is 8.15. The van der Waals surface area contributed by atoms with Gasteiger partial charge in [-0.25, -0.2) is 9.59 Å². The average Bonchev–Trinajstić information content (AvgIpc) is 2.66. The molecule has 0 aliphatic rings. The minimum Gasteiger partial charge on any atom is -0.461 e. The number of rotatable bonds is 7. The van der Waals surface area contributed by atoms with E-state index in [1.165, 1.54) is 0 Å². The fourth-order valence-electron chi connectivity index (χ4n) is 2.26. The highest BCUT2D eigenvalue weighted by Crippen LogP contribution is 2.13. The molecule has 0 fully saturated rings. The smallest absolute Gasteiger partial charge is 0.345 e. The van der Waals surface area contributed by atoms with Crippen LogP contribution in [0.3, 0.4) is 0 Å². The van der Waals surface area contributed by atoms with Gasteiger partial charge >= 0.3 is 17.9 Å². The van der Waals surface area contributed by atoms with Crippen LogP contribution >= 0.6 is 0 Å². The van der Waals surface area contributed by atoms with E-state index >= 15 is 0 Å². The molecule has 0 saturated carbocycles. The van der Waals surface area contributed by atoms with Crippen molar-refractivity contribution < 1.29 is 23.9 Å². The fraction of sp³-hybridized carbons (Fsp3) is 0.250. The van der Waals surface area contributed by atoms with Crippen molar-refractivity contribution in [1.82, 2.24) is 0 Å². The topological polar surface area (TPSA) is 69.7 Å². The second-order valence-corrected chi connectivity index (χ2v) is 5.52. The first kappa shape index (κ1) is 18.4. The Kier molecular flexibility index (Phi) is 6.89. The van der Waals surface area contributed by atoms with Gasteiger partial charge in [0.2, 0.25) is 0 Å². The van der Waals surface area contributed by atoms with Crippen molar-refractivity contribution in [2.75, 3.05) is 6.61 Å². The molecular formula is C20H20O5. The van der Waals surface area contributed by atoms with E-state index in [0.717, 1.165) is 0 Å². The highest BCUT2D eigenvalue weighted by atomic mass is 16.6. The van der Waals surface area contributed by atoms with Gasteiger partial charge in [-0.3, -0.25) is 4.79 Å². The summed E-state index contributed by atoms with van der Waals surface area (Å²) in [6, 6.07) is 16.8. The van der Waals surface area contributed by atoms with Crippen molar-refractivity contribution in [3.05, 3.63) is 71.8 Å². The van der Waals surface area contributed by atoms with Gasteiger partial charge in [-0.05, 0) is 30.7 Å². The van der Waals surface area contributed by atoms with Crippen LogP contribution in [0.15, 0.2) is 60.7 Å². The van der Waals surface area contributed by atoms with E-state index in [0.29, 0.717) is 24.0 Å². The molecule has 0 heterocycles. The van der Waals surface area contributed by atoms with Gasteiger partial charge < -0.3 is 9.47 Å². The van der Waals surface area contributed by atoms with Crippen molar-refractivity contribution in [2.45, 2.75) is 19.8 Å². The molecule has 2 rings (SSSR count). The lowest BCUT2D eigenvalue weighted by molar-refractivity contribution is -0.144. The maximum Gasteiger partial charge on any atom is 0.345 e. The van der Waals surface area contributed by atoms with Crippen LogP contribution < -0.4 is 0 Å². The quantitative estimate of drug-likeness (QED) is 0.568. The summed E-state index contributed by atoms with van der Waals surface area (Å²) in [6.07, 6.45) is 1.16. The summed E-state index contributed by atoms with van der Waals surface area (Å²) in [5.74, 6) is -2.58. The number of carbonyl (C=O) groups excluding carboxylic acids is 3. The summed E-state index contributed by atoms with van der Waals surface area (Å²) < 4.78 is 10.1. The van der Waals surface area contributed by atoms with Gasteiger partial charge in [-0.1, -0.05) is 49.7 Å². The summed E-state index contributed by atoms with van der Waals surface area (Å²) in [6.45, 7) is 1.78. The Morgan fingerprint density at radius 2 is 1.36 bits per heavy atom. The molecular weight excluding hydrogens is 320 g/mol. The monoisotopic (exact) mass is 340 g/mol. The van der Waals surface area contributed by atoms with Crippen LogP contribution in [-0.2, 0) is 14.3 Å². The lowest BCUT2D eigenvalue weighted by Crippen LogP contribution is -2.26. The van der Waals surface area contributed by atoms with E-state index in [9.17, 15) is 14.4 Å². The molecule has 0 spiro atoms. The van der Waals surface area contributed by atoms with Crippen molar-refractivity contribution in [3.8, 4) is 0 Å². The van der Waals surface area contributed by atoms with Crippen molar-refractivity contribution in [3.63, 3.8) is 0 Å². The van der Waals surface area contributed by atoms with Crippen LogP contribution in [0.4, 0.5) is 0 Å². The summed E-state index contributed by atoms with van der Waals surface area (Å²) in [7, 11) is 0. The van der Waals surface area contributed by atoms with Crippen LogP contribution in [0.1, 0.15) is 40.5 Å². The molecule has 0 aromatic heterocycles. The third-order valence-electron chi connectivity index (χ3n) is 3.60. The molecule has 130 valence electrons. The second kappa shape index (κ2) is 9.37. The molecule has 25 heavy (non-hydrogen) atoms. The molecule has 1 unspecified atom stereocenters. The van der Waals surface area contributed by atoms with Crippen LogP contribution in [0.25, 0.3) is 0 Å². The van der Waals surface area contributed by atoms with E-state index in [2.05, 4.69) is 0 Å². The van der Waals surface area contributed by atoms with Crippen LogP contribution in [0, 0.1) is 5.92 Å². The number of ether oxygens (including phenoxy) is 2. The van der Waals surface area contributed by atoms with Crippen LogP contribution in [-0.4, -0.2) is 24.5 Å². The third-order valence-corrected chi connectivity index (χ3v) is 3.60. The predicted octanol–water partition coefficient (Wildman–Crippen LogP) is 3.64. The number of hydrogen-bond donors (Lipinski definition) is 0. The zero-order chi connectivity index (χ0) is 18.1. The van der Waals surface area contributed by atoms with Gasteiger partial charge in [0.05, 0.1) is 17.0 Å². The van der Waals surface area contributed by atoms with Gasteiger partial charge in [0.25, 0.3) is 0 Å². The molecule has 0 radical (unpaired) electrons. The molecule has 0 amide bonds. The molecule has 0 N–H and O–H groups in total. The Hall–Kier alpha value is -2.95. The Labute approximate surface area is 146 Å². The van der Waals surface area contributed by atoms with E-state index in [4.69, 9.17) is 9.47 Å². The molecule has 0 aliphatic carbocycles. The molecule has 1 atom stereocenters. The summed E-state index contributed by atoms with van der Waals surface area (Å²) in [4.78, 5) is 36.2. The zero-order valence-electron chi connectivity index (χ0n) is 14.0. The van der Waals surface area contributed by atoms with Crippen molar-refractivity contribution >= 4 is 17.9 Å². The minimum absolute atomic E-state index is 0.123. The molecule has 5 heteroatoms. The normalized spacial score (nSPS) is 11.4. The standard InChI is InChI=1S/C20H20O5/c1-2-9-17(14-24-18(21)15-10-5-3-6-11-15)20(23)25-19(22)16-12-7-4-8-13-16/h3-8,10-13,17H,2,9,14H2,1H3. The van der Waals surface area contributed by atoms with E-state index in [1.807, 2.05) is 6.92 Å². The van der Waals surface area contributed by atoms with Gasteiger partial charge in [0.1, 0.15) is 6.61 Å². The molecule has 2 aromatic carbocycles. The fourth-order valence-corrected chi connectivity index (χ4v) is 2.26. The maximum absolute atomic E-state index is 12.2. The first-order chi connectivity index (χ1) is 12.1. The molecule has 0 bridgehead atoms. The van der Waals surface area contributed by atoms with E-state index in [1.54, 1.807) is 60.7 Å². The molecule has 0 aliphatic heterocycles. The molecule has 5 nitrogen and oxygen atoms in total. The summed E-state index contributed by atoms with van der Waals surface area (Å²) in [5.41, 5.74) is 0.707. The summed E-state index contributed by atoms with van der Waals surface area (Å²) >= 11 is 0. The number of benzene rings is 2. The highest BCUT2D eigenvalue weighted by molar-refractivity contribution is 5.97. The van der Waals surface area contributed by atoms with Gasteiger partial charge in [-0.15, -0.1) is 0 Å². The van der Waals surface area contributed by atoms with E-state index in [-0.39, 0.29) is 6.61 Å². The first-order valence-corrected chi connectivity index (χ1v) is 8.15. The molecule has 0 saturated heterocycles. The van der Waals surface area contributed by atoms with Gasteiger partial charge in [0.15, 0.2) is 0 Å². The highest BCUT2D eigenvalue weighted by Gasteiger charge is 2.24. The zero-order valence-corrected chi connectivity index (χ0v) is 14.0. The largest absolute Gasteiger partial charge is 0.461 e. The van der Waals surface area contributed by atoms with Gasteiger partial charge in [0, 0.05) is 0 Å². The Balaban J connectivity index is 1.93. The number of esters is 3. The Bertz CT molecular complexity index is 709. The SMILES string of the molecule is CCCC(COC(=O)c1ccccc1)C(=O)OC(=O)c1ccccc1. The van der Waals surface area contributed by atoms with Crippen LogP contribution in [0.2, 0.25) is 0 Å². The second-order valence-electron chi connectivity index (χ2n) is 5.52. The predicted molar refractivity (Wildman–Crippen MR) is 92.0 cm³/mol. The van der Waals surface area contributed by atoms with Crippen molar-refractivity contribution in [1.29, 1.82) is 0 Å². The van der Waals surface area contributed by atoms with E-state index < -0.39 is 23.8 Å². The lowest BCUT2D eigenvalue weighted by atomic mass is 10.1. The maximum atomic E-state index is 12.2. The van der Waals surface area contributed by atoms with Crippen molar-refractivity contribution in [2.24, 2.45) is 5.92 Å². The lowest BCUT2D eigenvalue weighted by Gasteiger charge is -2.14. The minimum atomic E-state index is -0.707. The molecule has 2 aromatic rings. The van der Waals surface area contributed by atoms with Crippen LogP contribution in [0.5, 0.6) is 0 Å². The average molecular weight is 340 g/mol. The Morgan fingerprint density at radius 1 is 0.840 bits per heavy atom. The van der Waals surface area contributed by atoms with Gasteiger partial charge in [-0.2, -0.15) is 0 Å². The summed E-state index contributed by atoms with van der Waals surface area (Å²) in [5, 5.41) is 0. The number of hydrogen-bond acceptors (Lipinski definition) is 5. The number of carbonyl (C=O) groups is 3.